The van der Waals surface area contributed by atoms with Gasteiger partial charge in [0.15, 0.2) is 0 Å². The van der Waals surface area contributed by atoms with Crippen molar-refractivity contribution < 1.29 is 14.3 Å². The Kier molecular flexibility index (Phi) is 8.15. The summed E-state index contributed by atoms with van der Waals surface area (Å²) in [7, 11) is 3.49. The monoisotopic (exact) mass is 383 g/mol. The maximum absolute atomic E-state index is 12.4. The molecule has 1 aromatic carbocycles. The van der Waals surface area contributed by atoms with Gasteiger partial charge in [0.05, 0.1) is 32.1 Å². The number of morpholine rings is 1. The molecule has 1 N–H and O–H groups in total. The topological polar surface area (TPSA) is 54.0 Å². The highest BCUT2D eigenvalue weighted by Crippen LogP contribution is 2.27. The van der Waals surface area contributed by atoms with Crippen molar-refractivity contribution in [3.8, 4) is 5.75 Å². The van der Waals surface area contributed by atoms with Crippen molar-refractivity contribution in [2.45, 2.75) is 20.0 Å². The zero-order valence-electron chi connectivity index (χ0n) is 16.1. The summed E-state index contributed by atoms with van der Waals surface area (Å²) in [5.41, 5.74) is 0.579. The van der Waals surface area contributed by atoms with Gasteiger partial charge in [-0.3, -0.25) is 14.6 Å². The Bertz CT molecular complexity index is 597. The predicted molar refractivity (Wildman–Crippen MR) is 105 cm³/mol. The average Bonchev–Trinajstić information content (AvgIpc) is 2.54. The number of halogens is 1. The van der Waals surface area contributed by atoms with Gasteiger partial charge in [-0.15, -0.1) is 0 Å². The molecule has 6 nitrogen and oxygen atoms in total. The van der Waals surface area contributed by atoms with Gasteiger partial charge in [-0.1, -0.05) is 25.4 Å². The van der Waals surface area contributed by atoms with Crippen LogP contribution in [-0.4, -0.2) is 75.3 Å². The van der Waals surface area contributed by atoms with Gasteiger partial charge in [-0.25, -0.2) is 0 Å². The second kappa shape index (κ2) is 10.1. The molecule has 1 aliphatic rings. The molecule has 0 unspecified atom stereocenters. The number of amides is 1. The molecule has 1 amide bonds. The van der Waals surface area contributed by atoms with Gasteiger partial charge < -0.3 is 14.8 Å². The van der Waals surface area contributed by atoms with Crippen molar-refractivity contribution in [3.05, 3.63) is 23.2 Å². The van der Waals surface area contributed by atoms with Crippen LogP contribution in [0.15, 0.2) is 18.2 Å². The first-order valence-electron chi connectivity index (χ1n) is 9.03. The normalized spacial score (nSPS) is 18.3. The van der Waals surface area contributed by atoms with E-state index < -0.39 is 0 Å². The van der Waals surface area contributed by atoms with E-state index in [-0.39, 0.29) is 18.6 Å². The van der Waals surface area contributed by atoms with E-state index in [0.29, 0.717) is 28.9 Å². The fourth-order valence-corrected chi connectivity index (χ4v) is 3.37. The first-order chi connectivity index (χ1) is 12.4. The van der Waals surface area contributed by atoms with Crippen molar-refractivity contribution >= 4 is 23.2 Å². The first kappa shape index (κ1) is 21.0. The number of nitrogens with one attached hydrogen (secondary N) is 1. The second-order valence-electron chi connectivity index (χ2n) is 7.24. The Morgan fingerprint density at radius 3 is 2.96 bits per heavy atom. The summed E-state index contributed by atoms with van der Waals surface area (Å²) in [4.78, 5) is 16.8. The molecule has 0 saturated carbocycles. The van der Waals surface area contributed by atoms with Crippen LogP contribution in [-0.2, 0) is 9.53 Å². The maximum atomic E-state index is 12.4. The highest BCUT2D eigenvalue weighted by Gasteiger charge is 2.23. The van der Waals surface area contributed by atoms with E-state index in [2.05, 4.69) is 24.1 Å². The molecule has 1 saturated heterocycles. The molecule has 1 heterocycles. The largest absolute Gasteiger partial charge is 0.495 e. The lowest BCUT2D eigenvalue weighted by molar-refractivity contribution is -0.117. The number of likely N-dealkylation sites (N-methyl/N-ethyl adjacent to an activating group) is 1. The van der Waals surface area contributed by atoms with Gasteiger partial charge in [0.2, 0.25) is 5.91 Å². The van der Waals surface area contributed by atoms with Gasteiger partial charge in [0.25, 0.3) is 0 Å². The van der Waals surface area contributed by atoms with Gasteiger partial charge in [0.1, 0.15) is 5.75 Å². The van der Waals surface area contributed by atoms with Crippen molar-refractivity contribution in [2.24, 2.45) is 5.92 Å². The fourth-order valence-electron chi connectivity index (χ4n) is 3.20. The molecule has 1 atom stereocenters. The van der Waals surface area contributed by atoms with Crippen LogP contribution in [0.25, 0.3) is 0 Å². The second-order valence-corrected chi connectivity index (χ2v) is 7.67. The molecule has 0 aliphatic carbocycles. The number of hydrogen-bond acceptors (Lipinski definition) is 5. The molecule has 1 aliphatic heterocycles. The minimum Gasteiger partial charge on any atom is -0.495 e. The number of methoxy groups -OCH3 is 1. The van der Waals surface area contributed by atoms with Crippen molar-refractivity contribution in [1.82, 2.24) is 9.80 Å². The van der Waals surface area contributed by atoms with Crippen LogP contribution in [0.1, 0.15) is 13.8 Å². The van der Waals surface area contributed by atoms with E-state index in [1.54, 1.807) is 25.3 Å². The highest BCUT2D eigenvalue weighted by molar-refractivity contribution is 6.31. The number of anilines is 1. The van der Waals surface area contributed by atoms with E-state index in [4.69, 9.17) is 21.1 Å². The van der Waals surface area contributed by atoms with E-state index in [0.717, 1.165) is 26.2 Å². The third-order valence-electron chi connectivity index (χ3n) is 4.21. The molecule has 26 heavy (non-hydrogen) atoms. The number of rotatable bonds is 8. The Hall–Kier alpha value is -1.34. The Labute approximate surface area is 161 Å². The Balaban J connectivity index is 1.82. The van der Waals surface area contributed by atoms with E-state index in [9.17, 15) is 4.79 Å². The molecule has 0 spiro atoms. The number of carbonyl (C=O) groups excluding carboxylic acids is 1. The first-order valence-corrected chi connectivity index (χ1v) is 9.41. The standard InChI is InChI=1S/C19H30ClN3O3/c1-14(2)10-23-7-8-26-16(12-23)11-22(3)13-19(24)21-17-9-15(20)5-6-18(17)25-4/h5-6,9,14,16H,7-8,10-13H2,1-4H3,(H,21,24)/t16-/m0/s1. The molecule has 1 aromatic rings. The lowest BCUT2D eigenvalue weighted by Crippen LogP contribution is -2.48. The maximum Gasteiger partial charge on any atom is 0.238 e. The summed E-state index contributed by atoms with van der Waals surface area (Å²) < 4.78 is 11.1. The van der Waals surface area contributed by atoms with Gasteiger partial charge in [-0.2, -0.15) is 0 Å². The third kappa shape index (κ3) is 6.76. The zero-order chi connectivity index (χ0) is 19.1. The molecule has 0 bridgehead atoms. The summed E-state index contributed by atoms with van der Waals surface area (Å²) in [6.45, 7) is 9.17. The van der Waals surface area contributed by atoms with Crippen molar-refractivity contribution in [3.63, 3.8) is 0 Å². The van der Waals surface area contributed by atoms with Crippen LogP contribution < -0.4 is 10.1 Å². The number of ether oxygens (including phenoxy) is 2. The summed E-state index contributed by atoms with van der Waals surface area (Å²) in [5.74, 6) is 1.12. The molecule has 146 valence electrons. The SMILES string of the molecule is COc1ccc(Cl)cc1NC(=O)CN(C)C[C@H]1CN(CC(C)C)CCO1. The molecule has 0 radical (unpaired) electrons. The summed E-state index contributed by atoms with van der Waals surface area (Å²) in [6.07, 6.45) is 0.126. The zero-order valence-corrected chi connectivity index (χ0v) is 16.9. The molecule has 1 fully saturated rings. The quantitative estimate of drug-likeness (QED) is 0.747. The van der Waals surface area contributed by atoms with Crippen molar-refractivity contribution in [2.75, 3.05) is 58.8 Å². The fraction of sp³-hybridized carbons (Fsp3) is 0.632. The number of hydrogen-bond donors (Lipinski definition) is 1. The van der Waals surface area contributed by atoms with Gasteiger partial charge in [0, 0.05) is 31.2 Å². The van der Waals surface area contributed by atoms with Crippen LogP contribution in [0.3, 0.4) is 0 Å². The van der Waals surface area contributed by atoms with Crippen LogP contribution in [0.5, 0.6) is 5.75 Å². The van der Waals surface area contributed by atoms with E-state index in [1.807, 2.05) is 11.9 Å². The lowest BCUT2D eigenvalue weighted by atomic mass is 10.1. The molecule has 7 heteroatoms. The molecular formula is C19H30ClN3O3. The van der Waals surface area contributed by atoms with Crippen LogP contribution >= 0.6 is 11.6 Å². The molecular weight excluding hydrogens is 354 g/mol. The highest BCUT2D eigenvalue weighted by atomic mass is 35.5. The summed E-state index contributed by atoms with van der Waals surface area (Å²) >= 11 is 6.00. The Morgan fingerprint density at radius 1 is 1.50 bits per heavy atom. The van der Waals surface area contributed by atoms with Gasteiger partial charge >= 0.3 is 0 Å². The minimum absolute atomic E-state index is 0.108. The number of nitrogens with zero attached hydrogens (tertiary/aromatic N) is 2. The average molecular weight is 384 g/mol. The summed E-state index contributed by atoms with van der Waals surface area (Å²) in [5, 5.41) is 3.42. The van der Waals surface area contributed by atoms with Crippen molar-refractivity contribution in [1.29, 1.82) is 0 Å². The number of benzene rings is 1. The smallest absolute Gasteiger partial charge is 0.238 e. The third-order valence-corrected chi connectivity index (χ3v) is 4.45. The van der Waals surface area contributed by atoms with E-state index >= 15 is 0 Å². The molecule has 2 rings (SSSR count). The van der Waals surface area contributed by atoms with E-state index in [1.165, 1.54) is 0 Å². The summed E-state index contributed by atoms with van der Waals surface area (Å²) in [6, 6.07) is 5.15. The lowest BCUT2D eigenvalue weighted by Gasteiger charge is -2.35. The minimum atomic E-state index is -0.108. The molecule has 0 aromatic heterocycles. The Morgan fingerprint density at radius 2 is 2.27 bits per heavy atom. The predicted octanol–water partition coefficient (Wildman–Crippen LogP) is 2.58. The number of carbonyl (C=O) groups is 1. The van der Waals surface area contributed by atoms with Crippen LogP contribution in [0, 0.1) is 5.92 Å². The van der Waals surface area contributed by atoms with Gasteiger partial charge in [-0.05, 0) is 31.2 Å². The van der Waals surface area contributed by atoms with Crippen LogP contribution in [0.4, 0.5) is 5.69 Å². The van der Waals surface area contributed by atoms with Crippen LogP contribution in [0.2, 0.25) is 5.02 Å².